The number of alkyl halides is 3. The molecular weight excluding hydrogens is 343 g/mol. The van der Waals surface area contributed by atoms with Crippen LogP contribution in [0.2, 0.25) is 0 Å². The van der Waals surface area contributed by atoms with Crippen LogP contribution in [0.5, 0.6) is 0 Å². The van der Waals surface area contributed by atoms with Crippen LogP contribution in [0.25, 0.3) is 5.69 Å². The Balaban J connectivity index is 1.85. The minimum Gasteiger partial charge on any atom is -0.306 e. The van der Waals surface area contributed by atoms with Gasteiger partial charge in [0.05, 0.1) is 16.9 Å². The number of hydrogen-bond donors (Lipinski definition) is 1. The highest BCUT2D eigenvalue weighted by Crippen LogP contribution is 2.29. The fourth-order valence-corrected chi connectivity index (χ4v) is 2.47. The minimum atomic E-state index is -4.43. The van der Waals surface area contributed by atoms with Gasteiger partial charge in [0.25, 0.3) is 5.91 Å². The Morgan fingerprint density at radius 3 is 2.19 bits per heavy atom. The normalized spacial score (nSPS) is 11.4. The van der Waals surface area contributed by atoms with Crippen LogP contribution in [0.15, 0.2) is 54.6 Å². The number of anilines is 1. The van der Waals surface area contributed by atoms with Gasteiger partial charge in [-0.15, -0.1) is 0 Å². The second-order valence-corrected chi connectivity index (χ2v) is 5.95. The quantitative estimate of drug-likeness (QED) is 0.733. The average molecular weight is 359 g/mol. The first kappa shape index (κ1) is 17.7. The van der Waals surface area contributed by atoms with Gasteiger partial charge in [-0.2, -0.15) is 18.3 Å². The van der Waals surface area contributed by atoms with Crippen molar-refractivity contribution in [1.82, 2.24) is 9.78 Å². The van der Waals surface area contributed by atoms with Crippen LogP contribution < -0.4 is 5.32 Å². The van der Waals surface area contributed by atoms with E-state index in [9.17, 15) is 18.0 Å². The number of halogens is 3. The third-order valence-corrected chi connectivity index (χ3v) is 3.83. The molecule has 0 aliphatic carbocycles. The van der Waals surface area contributed by atoms with Gasteiger partial charge in [-0.3, -0.25) is 4.79 Å². The van der Waals surface area contributed by atoms with Gasteiger partial charge in [-0.25, -0.2) is 4.68 Å². The molecule has 1 heterocycles. The molecule has 4 nitrogen and oxygen atoms in total. The maximum Gasteiger partial charge on any atom is 0.416 e. The zero-order valence-corrected chi connectivity index (χ0v) is 14.1. The largest absolute Gasteiger partial charge is 0.416 e. The van der Waals surface area contributed by atoms with Gasteiger partial charge in [0.2, 0.25) is 0 Å². The molecule has 0 aliphatic heterocycles. The number of carbonyl (C=O) groups is 1. The summed E-state index contributed by atoms with van der Waals surface area (Å²) in [6.07, 6.45) is -4.43. The molecule has 0 fully saturated rings. The standard InChI is InChI=1S/C19H16F3N3O/c1-12-3-9-16(10-4-12)25-17(11-13(2)24-25)23-18(26)14-5-7-15(8-6-14)19(20,21)22/h3-11H,1-2H3,(H,23,26). The Morgan fingerprint density at radius 2 is 1.62 bits per heavy atom. The first-order chi connectivity index (χ1) is 12.2. The van der Waals surface area contributed by atoms with Crippen LogP contribution in [-0.2, 0) is 6.18 Å². The van der Waals surface area contributed by atoms with Crippen molar-refractivity contribution < 1.29 is 18.0 Å². The Bertz CT molecular complexity index is 926. The molecule has 1 amide bonds. The van der Waals surface area contributed by atoms with Crippen molar-refractivity contribution >= 4 is 11.7 Å². The smallest absolute Gasteiger partial charge is 0.306 e. The average Bonchev–Trinajstić information content (AvgIpc) is 2.95. The molecule has 0 aliphatic rings. The molecule has 1 aromatic heterocycles. The van der Waals surface area contributed by atoms with E-state index in [0.717, 1.165) is 35.5 Å². The summed E-state index contributed by atoms with van der Waals surface area (Å²) in [5, 5.41) is 7.06. The maximum atomic E-state index is 12.6. The number of benzene rings is 2. The van der Waals surface area contributed by atoms with Crippen molar-refractivity contribution in [3.05, 3.63) is 77.0 Å². The molecule has 0 atom stereocenters. The van der Waals surface area contributed by atoms with E-state index in [2.05, 4.69) is 10.4 Å². The van der Waals surface area contributed by atoms with Crippen LogP contribution >= 0.6 is 0 Å². The third-order valence-electron chi connectivity index (χ3n) is 3.83. The molecule has 3 rings (SSSR count). The highest BCUT2D eigenvalue weighted by Gasteiger charge is 2.30. The summed E-state index contributed by atoms with van der Waals surface area (Å²) < 4.78 is 39.5. The van der Waals surface area contributed by atoms with Crippen molar-refractivity contribution in [2.75, 3.05) is 5.32 Å². The van der Waals surface area contributed by atoms with Crippen molar-refractivity contribution in [2.24, 2.45) is 0 Å². The van der Waals surface area contributed by atoms with Gasteiger partial charge in [0.1, 0.15) is 5.82 Å². The van der Waals surface area contributed by atoms with Gasteiger partial charge >= 0.3 is 6.18 Å². The molecule has 134 valence electrons. The number of rotatable bonds is 3. The van der Waals surface area contributed by atoms with Gasteiger partial charge < -0.3 is 5.32 Å². The van der Waals surface area contributed by atoms with E-state index in [1.54, 1.807) is 17.7 Å². The van der Waals surface area contributed by atoms with E-state index >= 15 is 0 Å². The SMILES string of the molecule is Cc1ccc(-n2nc(C)cc2NC(=O)c2ccc(C(F)(F)F)cc2)cc1. The number of hydrogen-bond acceptors (Lipinski definition) is 2. The summed E-state index contributed by atoms with van der Waals surface area (Å²) in [4.78, 5) is 12.4. The Labute approximate surface area is 148 Å². The molecule has 7 heteroatoms. The molecule has 0 unspecified atom stereocenters. The lowest BCUT2D eigenvalue weighted by Crippen LogP contribution is -2.15. The molecule has 1 N–H and O–H groups in total. The fourth-order valence-electron chi connectivity index (χ4n) is 2.47. The summed E-state index contributed by atoms with van der Waals surface area (Å²) in [5.74, 6) is -0.0664. The zero-order valence-electron chi connectivity index (χ0n) is 14.1. The maximum absolute atomic E-state index is 12.6. The molecule has 2 aromatic carbocycles. The van der Waals surface area contributed by atoms with Crippen LogP contribution in [0, 0.1) is 13.8 Å². The van der Waals surface area contributed by atoms with Gasteiger partial charge in [0, 0.05) is 11.6 Å². The highest BCUT2D eigenvalue weighted by atomic mass is 19.4. The summed E-state index contributed by atoms with van der Waals surface area (Å²) in [7, 11) is 0. The van der Waals surface area contributed by atoms with Gasteiger partial charge in [-0.05, 0) is 50.2 Å². The van der Waals surface area contributed by atoms with E-state index in [4.69, 9.17) is 0 Å². The number of amides is 1. The van der Waals surface area contributed by atoms with Gasteiger partial charge in [-0.1, -0.05) is 17.7 Å². The monoisotopic (exact) mass is 359 g/mol. The van der Waals surface area contributed by atoms with Gasteiger partial charge in [0.15, 0.2) is 0 Å². The number of nitrogens with one attached hydrogen (secondary N) is 1. The van der Waals surface area contributed by atoms with Crippen molar-refractivity contribution in [2.45, 2.75) is 20.0 Å². The Hall–Kier alpha value is -3.09. The number of carbonyl (C=O) groups excluding carboxylic acids is 1. The second kappa shape index (κ2) is 6.67. The van der Waals surface area contributed by atoms with Crippen LogP contribution in [-0.4, -0.2) is 15.7 Å². The lowest BCUT2D eigenvalue weighted by molar-refractivity contribution is -0.137. The first-order valence-corrected chi connectivity index (χ1v) is 7.86. The van der Waals surface area contributed by atoms with E-state index in [1.807, 2.05) is 31.2 Å². The molecular formula is C19H16F3N3O. The summed E-state index contributed by atoms with van der Waals surface area (Å²) in [6, 6.07) is 13.4. The van der Waals surface area contributed by atoms with E-state index in [0.29, 0.717) is 11.5 Å². The Kier molecular flexibility index (Phi) is 4.54. The number of aromatic nitrogens is 2. The van der Waals surface area contributed by atoms with Crippen LogP contribution in [0.3, 0.4) is 0 Å². The van der Waals surface area contributed by atoms with Crippen LogP contribution in [0.1, 0.15) is 27.2 Å². The molecule has 0 saturated heterocycles. The lowest BCUT2D eigenvalue weighted by Gasteiger charge is -2.10. The van der Waals surface area contributed by atoms with Crippen molar-refractivity contribution in [3.63, 3.8) is 0 Å². The minimum absolute atomic E-state index is 0.132. The molecule has 3 aromatic rings. The molecule has 0 radical (unpaired) electrons. The second-order valence-electron chi connectivity index (χ2n) is 5.95. The number of aryl methyl sites for hydroxylation is 2. The number of nitrogens with zero attached hydrogens (tertiary/aromatic N) is 2. The van der Waals surface area contributed by atoms with E-state index in [1.165, 1.54) is 0 Å². The summed E-state index contributed by atoms with van der Waals surface area (Å²) in [5.41, 5.74) is 1.90. The van der Waals surface area contributed by atoms with Crippen molar-refractivity contribution in [1.29, 1.82) is 0 Å². The topological polar surface area (TPSA) is 46.9 Å². The zero-order chi connectivity index (χ0) is 18.9. The lowest BCUT2D eigenvalue weighted by atomic mass is 10.1. The fraction of sp³-hybridized carbons (Fsp3) is 0.158. The Morgan fingerprint density at radius 1 is 1.00 bits per heavy atom. The predicted octanol–water partition coefficient (Wildman–Crippen LogP) is 4.76. The molecule has 0 spiro atoms. The molecule has 0 saturated carbocycles. The summed E-state index contributed by atoms with van der Waals surface area (Å²) in [6.45, 7) is 3.75. The molecule has 26 heavy (non-hydrogen) atoms. The predicted molar refractivity (Wildman–Crippen MR) is 92.4 cm³/mol. The molecule has 0 bridgehead atoms. The highest BCUT2D eigenvalue weighted by molar-refractivity contribution is 6.04. The first-order valence-electron chi connectivity index (χ1n) is 7.86. The van der Waals surface area contributed by atoms with Crippen molar-refractivity contribution in [3.8, 4) is 5.69 Å². The van der Waals surface area contributed by atoms with E-state index in [-0.39, 0.29) is 5.56 Å². The third kappa shape index (κ3) is 3.77. The summed E-state index contributed by atoms with van der Waals surface area (Å²) >= 11 is 0. The van der Waals surface area contributed by atoms with Crippen LogP contribution in [0.4, 0.5) is 19.0 Å². The van der Waals surface area contributed by atoms with E-state index < -0.39 is 17.6 Å².